The molecular weight excluding hydrogens is 599 g/mol. The van der Waals surface area contributed by atoms with Crippen molar-refractivity contribution in [2.24, 2.45) is 0 Å². The highest BCUT2D eigenvalue weighted by atomic mass is 32.2. The second-order valence-electron chi connectivity index (χ2n) is 11.8. The molecule has 0 aliphatic carbocycles. The van der Waals surface area contributed by atoms with Crippen molar-refractivity contribution in [1.82, 2.24) is 10.1 Å². The molecule has 0 saturated heterocycles. The van der Waals surface area contributed by atoms with E-state index in [9.17, 15) is 26.4 Å². The summed E-state index contributed by atoms with van der Waals surface area (Å²) in [6.07, 6.45) is 2.40. The summed E-state index contributed by atoms with van der Waals surface area (Å²) in [4.78, 5) is 35.6. The van der Waals surface area contributed by atoms with E-state index in [1.807, 2.05) is 0 Å². The third kappa shape index (κ3) is 13.4. The van der Waals surface area contributed by atoms with E-state index in [4.69, 9.17) is 19.0 Å². The van der Waals surface area contributed by atoms with Crippen molar-refractivity contribution >= 4 is 37.8 Å². The molecule has 43 heavy (non-hydrogen) atoms. The maximum atomic E-state index is 12.3. The molecule has 0 atom stereocenters. The number of sulfone groups is 2. The van der Waals surface area contributed by atoms with Crippen LogP contribution in [0.25, 0.3) is 0 Å². The molecule has 237 valence electrons. The highest BCUT2D eigenvalue weighted by Gasteiger charge is 2.30. The first-order valence-electron chi connectivity index (χ1n) is 13.4. The lowest BCUT2D eigenvalue weighted by Gasteiger charge is -2.29. The largest absolute Gasteiger partial charge is 0.658 e. The molecule has 12 nitrogen and oxygen atoms in total. The Kier molecular flexibility index (Phi) is 12.2. The van der Waals surface area contributed by atoms with Gasteiger partial charge < -0.3 is 9.31 Å². The van der Waals surface area contributed by atoms with Crippen molar-refractivity contribution < 1.29 is 45.4 Å². The molecule has 0 heterocycles. The summed E-state index contributed by atoms with van der Waals surface area (Å²) < 4.78 is 58.0. The van der Waals surface area contributed by atoms with Crippen LogP contribution >= 0.6 is 0 Å². The van der Waals surface area contributed by atoms with E-state index in [0.717, 1.165) is 41.5 Å². The number of hydrogen-bond donors (Lipinski definition) is 0. The van der Waals surface area contributed by atoms with E-state index >= 15 is 0 Å². The Morgan fingerprint density at radius 3 is 1.19 bits per heavy atom. The van der Waals surface area contributed by atoms with Crippen molar-refractivity contribution in [3.63, 3.8) is 0 Å². The molecule has 2 rings (SSSR count). The smallest absolute Gasteiger partial charge is 0.526 e. The molecule has 0 fully saturated rings. The van der Waals surface area contributed by atoms with E-state index in [1.165, 1.54) is 0 Å². The van der Waals surface area contributed by atoms with Crippen molar-refractivity contribution in [1.29, 1.82) is 0 Å². The zero-order valence-electron chi connectivity index (χ0n) is 25.8. The summed E-state index contributed by atoms with van der Waals surface area (Å²) >= 11 is 0. The van der Waals surface area contributed by atoms with Gasteiger partial charge in [0, 0.05) is 12.5 Å². The van der Waals surface area contributed by atoms with Gasteiger partial charge in [-0.05, 0) is 89.8 Å². The van der Waals surface area contributed by atoms with Crippen molar-refractivity contribution in [2.75, 3.05) is 25.6 Å². The second kappa shape index (κ2) is 14.6. The molecule has 0 aromatic heterocycles. The van der Waals surface area contributed by atoms with Crippen LogP contribution in [0.4, 0.5) is 9.59 Å². The lowest BCUT2D eigenvalue weighted by atomic mass is 10.1. The molecule has 15 heteroatoms. The Bertz CT molecular complexity index is 1340. The molecule has 0 bridgehead atoms. The molecule has 0 aliphatic heterocycles. The van der Waals surface area contributed by atoms with Crippen molar-refractivity contribution in [3.8, 4) is 11.5 Å². The second-order valence-corrected chi connectivity index (χ2v) is 15.6. The third-order valence-electron chi connectivity index (χ3n) is 5.23. The van der Waals surface area contributed by atoms with Crippen LogP contribution < -0.4 is 9.31 Å². The Morgan fingerprint density at radius 2 is 0.930 bits per heavy atom. The number of rotatable bonds is 12. The van der Waals surface area contributed by atoms with Crippen LogP contribution in [0, 0.1) is 0 Å². The number of amides is 2. The van der Waals surface area contributed by atoms with Gasteiger partial charge in [0.1, 0.15) is 11.5 Å². The van der Waals surface area contributed by atoms with E-state index in [2.05, 4.69) is 0 Å². The standard InChI is InChI=1S/C28H40BN2O10S2/c1-27(2,3)40-30(25(32)42(7,34)35)19-17-21-9-13-23(14-10-21)38-29-39-24-15-11-22(12-16-24)18-20-31(41-28(4,5)6)26(33)43(8,36)37/h9-16H,17-20H2,1-8H3. The molecule has 0 aliphatic rings. The van der Waals surface area contributed by atoms with Crippen LogP contribution in [0.5, 0.6) is 11.5 Å². The SMILES string of the molecule is CC(C)(C)ON(CCc1ccc(O[B]Oc2ccc(CCN(OC(C)(C)C)C(=O)S(C)(=O)=O)cc2)cc1)C(=O)S(C)(=O)=O. The normalized spacial score (nSPS) is 12.4. The molecule has 0 unspecified atom stereocenters. The first kappa shape index (κ1) is 36.1. The summed E-state index contributed by atoms with van der Waals surface area (Å²) in [5.74, 6) is 0.981. The number of nitrogens with zero attached hydrogens (tertiary/aromatic N) is 2. The van der Waals surface area contributed by atoms with E-state index in [0.29, 0.717) is 24.3 Å². The predicted octanol–water partition coefficient (Wildman–Crippen LogP) is 4.16. The summed E-state index contributed by atoms with van der Waals surface area (Å²) in [6, 6.07) is 13.9. The Labute approximate surface area is 255 Å². The molecule has 1 radical (unpaired) electrons. The highest BCUT2D eigenvalue weighted by Crippen LogP contribution is 2.18. The summed E-state index contributed by atoms with van der Waals surface area (Å²) in [6.45, 7) is 10.4. The van der Waals surface area contributed by atoms with Gasteiger partial charge in [-0.25, -0.2) is 27.0 Å². The number of carbonyl (C=O) groups is 2. The molecule has 2 aromatic carbocycles. The lowest BCUT2D eigenvalue weighted by molar-refractivity contribution is -0.187. The maximum absolute atomic E-state index is 12.3. The quantitative estimate of drug-likeness (QED) is 0.245. The van der Waals surface area contributed by atoms with Crippen LogP contribution in [0.1, 0.15) is 52.7 Å². The first-order chi connectivity index (χ1) is 19.6. The van der Waals surface area contributed by atoms with E-state index in [1.54, 1.807) is 90.1 Å². The summed E-state index contributed by atoms with van der Waals surface area (Å²) in [5, 5.41) is -0.448. The average Bonchev–Trinajstić information content (AvgIpc) is 2.87. The van der Waals surface area contributed by atoms with Crippen LogP contribution in [-0.2, 0) is 42.2 Å². The molecule has 0 spiro atoms. The summed E-state index contributed by atoms with van der Waals surface area (Å²) in [5.41, 5.74) is 0.156. The van der Waals surface area contributed by atoms with E-state index in [-0.39, 0.29) is 13.1 Å². The molecule has 0 saturated carbocycles. The van der Waals surface area contributed by atoms with Crippen LogP contribution in [0.2, 0.25) is 0 Å². The van der Waals surface area contributed by atoms with E-state index < -0.39 is 41.4 Å². The summed E-state index contributed by atoms with van der Waals surface area (Å²) in [7, 11) is -6.75. The van der Waals surface area contributed by atoms with Gasteiger partial charge in [0.25, 0.3) is 0 Å². The van der Waals surface area contributed by atoms with Crippen molar-refractivity contribution in [3.05, 3.63) is 59.7 Å². The van der Waals surface area contributed by atoms with Crippen LogP contribution in [0.15, 0.2) is 48.5 Å². The molecule has 0 N–H and O–H groups in total. The Balaban J connectivity index is 1.88. The number of benzene rings is 2. The van der Waals surface area contributed by atoms with Crippen LogP contribution in [-0.4, -0.2) is 81.9 Å². The Morgan fingerprint density at radius 1 is 0.628 bits per heavy atom. The maximum Gasteiger partial charge on any atom is 0.658 e. The van der Waals surface area contributed by atoms with Gasteiger partial charge in [0.05, 0.1) is 24.3 Å². The Hall–Kier alpha value is -3.14. The van der Waals surface area contributed by atoms with Gasteiger partial charge in [-0.3, -0.25) is 19.3 Å². The third-order valence-corrected chi connectivity index (χ3v) is 6.91. The number of hydroxylamine groups is 4. The van der Waals surface area contributed by atoms with Gasteiger partial charge in [-0.1, -0.05) is 24.3 Å². The fourth-order valence-electron chi connectivity index (χ4n) is 3.45. The van der Waals surface area contributed by atoms with Crippen LogP contribution in [0.3, 0.4) is 0 Å². The highest BCUT2D eigenvalue weighted by molar-refractivity contribution is 8.05. The minimum Gasteiger partial charge on any atom is -0.526 e. The zero-order chi connectivity index (χ0) is 32.6. The predicted molar refractivity (Wildman–Crippen MR) is 163 cm³/mol. The number of carbonyl (C=O) groups excluding carboxylic acids is 2. The van der Waals surface area contributed by atoms with Gasteiger partial charge >= 0.3 is 18.2 Å². The number of hydrogen-bond acceptors (Lipinski definition) is 10. The van der Waals surface area contributed by atoms with Gasteiger partial charge in [0.2, 0.25) is 19.7 Å². The molecule has 2 aromatic rings. The zero-order valence-corrected chi connectivity index (χ0v) is 27.5. The fourth-order valence-corrected chi connectivity index (χ4v) is 4.44. The van der Waals surface area contributed by atoms with Crippen molar-refractivity contribution in [2.45, 2.75) is 65.6 Å². The molecule has 2 amide bonds. The van der Waals surface area contributed by atoms with Gasteiger partial charge in [-0.15, -0.1) is 0 Å². The van der Waals surface area contributed by atoms with Gasteiger partial charge in [-0.2, -0.15) is 0 Å². The molecular formula is C28H40BN2O10S2. The first-order valence-corrected chi connectivity index (χ1v) is 17.2. The minimum absolute atomic E-state index is 0.0459. The average molecular weight is 640 g/mol. The fraction of sp³-hybridized carbons (Fsp3) is 0.500. The monoisotopic (exact) mass is 639 g/mol. The topological polar surface area (TPSA) is 146 Å². The minimum atomic E-state index is -3.96. The lowest BCUT2D eigenvalue weighted by Crippen LogP contribution is -2.41. The van der Waals surface area contributed by atoms with Gasteiger partial charge in [0.15, 0.2) is 0 Å².